The van der Waals surface area contributed by atoms with Gasteiger partial charge >= 0.3 is 0 Å². The first-order valence-electron chi connectivity index (χ1n) is 19.1. The van der Waals surface area contributed by atoms with Gasteiger partial charge in [-0.05, 0) is 136 Å². The average molecular weight is 699 g/mol. The molecular formula is C50H38N2O2. The third kappa shape index (κ3) is 4.90. The zero-order valence-electron chi connectivity index (χ0n) is 30.0. The summed E-state index contributed by atoms with van der Waals surface area (Å²) in [6.45, 7) is 1.44. The second-order valence-corrected chi connectivity index (χ2v) is 14.9. The number of fused-ring (bicyclic) bond motifs is 7. The van der Waals surface area contributed by atoms with Crippen LogP contribution in [0, 0.1) is 0 Å². The van der Waals surface area contributed by atoms with Crippen molar-refractivity contribution in [1.82, 2.24) is 4.98 Å². The van der Waals surface area contributed by atoms with Gasteiger partial charge in [-0.2, -0.15) is 0 Å². The summed E-state index contributed by atoms with van der Waals surface area (Å²) >= 11 is 0. The Morgan fingerprint density at radius 3 is 2.20 bits per heavy atom. The third-order valence-corrected chi connectivity index (χ3v) is 11.9. The summed E-state index contributed by atoms with van der Waals surface area (Å²) in [5, 5.41) is 0. The Hall–Kier alpha value is -6.23. The Balaban J connectivity index is 1.16. The molecule has 2 aliphatic carbocycles. The predicted octanol–water partition coefficient (Wildman–Crippen LogP) is 12.5. The van der Waals surface area contributed by atoms with Crippen LogP contribution in [0.2, 0.25) is 0 Å². The summed E-state index contributed by atoms with van der Waals surface area (Å²) in [5.41, 5.74) is 19.1. The smallest absolute Gasteiger partial charge is 0.227 e. The minimum atomic E-state index is -0.197. The Morgan fingerprint density at radius 2 is 1.33 bits per heavy atom. The molecular weight excluding hydrogens is 661 g/mol. The molecule has 1 fully saturated rings. The highest BCUT2D eigenvalue weighted by molar-refractivity contribution is 5.97. The van der Waals surface area contributed by atoms with E-state index in [1.54, 1.807) is 0 Å². The summed E-state index contributed by atoms with van der Waals surface area (Å²) in [6, 6.07) is 57.1. The fourth-order valence-electron chi connectivity index (χ4n) is 9.42. The maximum absolute atomic E-state index is 6.30. The van der Waals surface area contributed by atoms with Crippen LogP contribution < -0.4 is 4.90 Å². The molecule has 1 aromatic heterocycles. The molecule has 1 saturated heterocycles. The number of hydrogen-bond donors (Lipinski definition) is 0. The molecule has 0 bridgehead atoms. The zero-order valence-corrected chi connectivity index (χ0v) is 30.0. The first-order valence-corrected chi connectivity index (χ1v) is 19.1. The monoisotopic (exact) mass is 698 g/mol. The van der Waals surface area contributed by atoms with E-state index in [1.807, 2.05) is 24.3 Å². The molecule has 0 amide bonds. The first-order chi connectivity index (χ1) is 26.7. The lowest BCUT2D eigenvalue weighted by Gasteiger charge is -2.30. The van der Waals surface area contributed by atoms with Gasteiger partial charge in [-0.1, -0.05) is 103 Å². The van der Waals surface area contributed by atoms with E-state index in [9.17, 15) is 0 Å². The average Bonchev–Trinajstić information content (AvgIpc) is 4.05. The number of anilines is 3. The second kappa shape index (κ2) is 12.4. The number of rotatable bonds is 6. The van der Waals surface area contributed by atoms with E-state index in [-0.39, 0.29) is 5.41 Å². The molecule has 4 nitrogen and oxygen atoms in total. The van der Waals surface area contributed by atoms with Gasteiger partial charge in [0.05, 0.1) is 6.61 Å². The molecule has 4 heteroatoms. The number of para-hydroxylation sites is 2. The van der Waals surface area contributed by atoms with Crippen LogP contribution in [-0.4, -0.2) is 18.2 Å². The van der Waals surface area contributed by atoms with Crippen molar-refractivity contribution in [2.24, 2.45) is 0 Å². The number of ether oxygens (including phenoxy) is 1. The number of aryl methyl sites for hydroxylation is 1. The van der Waals surface area contributed by atoms with Crippen LogP contribution in [0.15, 0.2) is 162 Å². The predicted molar refractivity (Wildman–Crippen MR) is 219 cm³/mol. The van der Waals surface area contributed by atoms with E-state index < -0.39 is 0 Å². The van der Waals surface area contributed by atoms with E-state index in [2.05, 4.69) is 138 Å². The van der Waals surface area contributed by atoms with Crippen LogP contribution in [-0.2, 0) is 23.0 Å². The van der Waals surface area contributed by atoms with Crippen molar-refractivity contribution in [1.29, 1.82) is 0 Å². The van der Waals surface area contributed by atoms with Crippen molar-refractivity contribution in [3.8, 4) is 44.8 Å². The standard InChI is InChI=1S/C50H38N2O2/c1-2-11-33(12-3-1)34-23-25-37(26-24-34)52(38-16-8-15-36(29-38)49-51-46-21-6-7-22-47(46)54-49)39-30-43(41-19-10-14-35-13-9-18-40(35)41)48-42-17-4-5-20-44(42)50(45(48)31-39)27-28-53-32-50/h1-8,10-12,14-17,19-26,29-31H,9,13,18,27-28,32H2. The fraction of sp³-hybridized carbons (Fsp3) is 0.140. The maximum atomic E-state index is 6.30. The van der Waals surface area contributed by atoms with Crippen molar-refractivity contribution in [2.45, 2.75) is 31.1 Å². The maximum Gasteiger partial charge on any atom is 0.227 e. The Morgan fingerprint density at radius 1 is 0.556 bits per heavy atom. The molecule has 0 radical (unpaired) electrons. The van der Waals surface area contributed by atoms with Crippen LogP contribution in [0.3, 0.4) is 0 Å². The molecule has 1 spiro atoms. The van der Waals surface area contributed by atoms with E-state index in [0.717, 1.165) is 59.6 Å². The molecule has 3 aliphatic rings. The van der Waals surface area contributed by atoms with Gasteiger partial charge in [-0.15, -0.1) is 0 Å². The van der Waals surface area contributed by atoms with E-state index in [0.29, 0.717) is 12.5 Å². The van der Waals surface area contributed by atoms with Crippen LogP contribution in [0.25, 0.3) is 55.9 Å². The van der Waals surface area contributed by atoms with Gasteiger partial charge in [0.25, 0.3) is 0 Å². The van der Waals surface area contributed by atoms with Crippen LogP contribution >= 0.6 is 0 Å². The molecule has 8 aromatic rings. The molecule has 2 heterocycles. The highest BCUT2D eigenvalue weighted by atomic mass is 16.5. The van der Waals surface area contributed by atoms with Gasteiger partial charge in [0, 0.05) is 34.6 Å². The van der Waals surface area contributed by atoms with Gasteiger partial charge in [0.15, 0.2) is 5.58 Å². The van der Waals surface area contributed by atoms with Crippen LogP contribution in [0.1, 0.15) is 35.1 Å². The lowest BCUT2D eigenvalue weighted by Crippen LogP contribution is -2.25. The SMILES string of the molecule is c1ccc(-c2ccc(N(c3cccc(-c4nc5ccccc5o4)c3)c3cc(-c4cccc5c4CCC5)c4c(c3)C3(CCOC3)c3ccccc3-4)cc2)cc1. The number of aromatic nitrogens is 1. The van der Waals surface area contributed by atoms with E-state index in [1.165, 1.54) is 62.1 Å². The van der Waals surface area contributed by atoms with Gasteiger partial charge < -0.3 is 14.1 Å². The second-order valence-electron chi connectivity index (χ2n) is 14.9. The number of nitrogens with zero attached hydrogens (tertiary/aromatic N) is 2. The third-order valence-electron chi connectivity index (χ3n) is 11.9. The molecule has 7 aromatic carbocycles. The highest BCUT2D eigenvalue weighted by Gasteiger charge is 2.47. The van der Waals surface area contributed by atoms with Crippen molar-refractivity contribution < 1.29 is 9.15 Å². The molecule has 0 saturated carbocycles. The summed E-state index contributed by atoms with van der Waals surface area (Å²) in [5.74, 6) is 0.615. The van der Waals surface area contributed by atoms with E-state index >= 15 is 0 Å². The Labute approximate surface area is 315 Å². The lowest BCUT2D eigenvalue weighted by molar-refractivity contribution is 0.185. The van der Waals surface area contributed by atoms with Gasteiger partial charge in [0.1, 0.15) is 5.52 Å². The molecule has 1 unspecified atom stereocenters. The van der Waals surface area contributed by atoms with Crippen LogP contribution in [0.5, 0.6) is 0 Å². The lowest BCUT2D eigenvalue weighted by atomic mass is 9.77. The normalized spacial score (nSPS) is 16.8. The molecule has 11 rings (SSSR count). The summed E-state index contributed by atoms with van der Waals surface area (Å²) < 4.78 is 12.6. The molecule has 1 aliphatic heterocycles. The largest absolute Gasteiger partial charge is 0.436 e. The Kier molecular flexibility index (Phi) is 7.21. The van der Waals surface area contributed by atoms with Crippen molar-refractivity contribution in [2.75, 3.05) is 18.1 Å². The summed E-state index contributed by atoms with van der Waals surface area (Å²) in [7, 11) is 0. The first kappa shape index (κ1) is 31.3. The number of benzene rings is 7. The van der Waals surface area contributed by atoms with Crippen molar-refractivity contribution in [3.63, 3.8) is 0 Å². The van der Waals surface area contributed by atoms with Gasteiger partial charge in [-0.25, -0.2) is 4.98 Å². The number of oxazole rings is 1. The summed E-state index contributed by atoms with van der Waals surface area (Å²) in [6.07, 6.45) is 4.41. The Bertz CT molecular complexity index is 2670. The van der Waals surface area contributed by atoms with Crippen molar-refractivity contribution in [3.05, 3.63) is 180 Å². The molecule has 0 N–H and O–H groups in total. The molecule has 54 heavy (non-hydrogen) atoms. The van der Waals surface area contributed by atoms with E-state index in [4.69, 9.17) is 14.1 Å². The fourth-order valence-corrected chi connectivity index (χ4v) is 9.42. The summed E-state index contributed by atoms with van der Waals surface area (Å²) in [4.78, 5) is 7.30. The van der Waals surface area contributed by atoms with Crippen molar-refractivity contribution >= 4 is 28.2 Å². The topological polar surface area (TPSA) is 38.5 Å². The zero-order chi connectivity index (χ0) is 35.6. The van der Waals surface area contributed by atoms with Crippen LogP contribution in [0.4, 0.5) is 17.1 Å². The molecule has 1 atom stereocenters. The highest BCUT2D eigenvalue weighted by Crippen LogP contribution is 2.58. The number of hydrogen-bond acceptors (Lipinski definition) is 4. The van der Waals surface area contributed by atoms with Gasteiger partial charge in [0.2, 0.25) is 5.89 Å². The minimum absolute atomic E-state index is 0.197. The van der Waals surface area contributed by atoms with Gasteiger partial charge in [-0.3, -0.25) is 0 Å². The molecule has 260 valence electrons. The quantitative estimate of drug-likeness (QED) is 0.173. The minimum Gasteiger partial charge on any atom is -0.436 e.